The fourth-order valence-corrected chi connectivity index (χ4v) is 2.98. The Morgan fingerprint density at radius 2 is 1.48 bits per heavy atom. The highest BCUT2D eigenvalue weighted by Crippen LogP contribution is 2.26. The minimum Gasteiger partial charge on any atom is -0.478 e. The highest BCUT2D eigenvalue weighted by molar-refractivity contribution is 7.86. The molecule has 2 rings (SSSR count). The van der Waals surface area contributed by atoms with E-state index < -0.39 is 21.3 Å². The maximum atomic E-state index is 11.0. The molecule has 0 aliphatic heterocycles. The Balaban J connectivity index is 2.24. The molecule has 120 valence electrons. The molecule has 0 radical (unpaired) electrons. The summed E-state index contributed by atoms with van der Waals surface area (Å²) >= 11 is 9.78. The molecule has 0 aromatic heterocycles. The quantitative estimate of drug-likeness (QED) is 0.325. The average Bonchev–Trinajstić information content (AvgIpc) is 2.53. The van der Waals surface area contributed by atoms with Crippen LogP contribution >= 0.6 is 24.8 Å². The van der Waals surface area contributed by atoms with Gasteiger partial charge in [0.2, 0.25) is 0 Å². The van der Waals surface area contributed by atoms with Gasteiger partial charge >= 0.3 is 5.97 Å². The lowest BCUT2D eigenvalue weighted by Crippen LogP contribution is -2.07. The van der Waals surface area contributed by atoms with Crippen LogP contribution in [0.3, 0.4) is 0 Å². The van der Waals surface area contributed by atoms with Crippen molar-refractivity contribution < 1.29 is 22.9 Å². The predicted molar refractivity (Wildman–Crippen MR) is 93.1 cm³/mol. The van der Waals surface area contributed by atoms with Crippen molar-refractivity contribution in [2.45, 2.75) is 10.1 Å². The van der Waals surface area contributed by atoms with E-state index >= 15 is 0 Å². The number of thiocarbonyl (C=S) groups is 1. The zero-order chi connectivity index (χ0) is 17.2. The van der Waals surface area contributed by atoms with Crippen molar-refractivity contribution in [2.24, 2.45) is 0 Å². The molecular weight excluding hydrogens is 356 g/mol. The summed E-state index contributed by atoms with van der Waals surface area (Å²) in [7, 11) is -4.25. The predicted octanol–water partition coefficient (Wildman–Crippen LogP) is 3.02. The van der Waals surface area contributed by atoms with Crippen LogP contribution in [0.25, 0.3) is 0 Å². The summed E-state index contributed by atoms with van der Waals surface area (Å²) in [6, 6.07) is 11.7. The molecule has 0 aliphatic carbocycles. The molecule has 23 heavy (non-hydrogen) atoms. The van der Waals surface area contributed by atoms with E-state index in [2.05, 4.69) is 12.6 Å². The maximum absolute atomic E-state index is 11.0. The first-order valence-electron chi connectivity index (χ1n) is 6.33. The monoisotopic (exact) mass is 368 g/mol. The molecule has 0 spiro atoms. The highest BCUT2D eigenvalue weighted by atomic mass is 32.2. The van der Waals surface area contributed by atoms with Crippen molar-refractivity contribution >= 4 is 45.8 Å². The Morgan fingerprint density at radius 3 is 1.91 bits per heavy atom. The third-order valence-electron chi connectivity index (χ3n) is 3.16. The first kappa shape index (κ1) is 17.6. The van der Waals surface area contributed by atoms with E-state index in [1.807, 2.05) is 0 Å². The molecule has 5 nitrogen and oxygen atoms in total. The van der Waals surface area contributed by atoms with E-state index in [-0.39, 0.29) is 10.5 Å². The largest absolute Gasteiger partial charge is 0.478 e. The standard InChI is InChI=1S/C15H12O5S3/c16-15(17)11-3-1-9(2-4-11)13(21)14(22)10-5-7-12(8-6-10)23(18,19)20/h1-8,13,21H,(H,16,17)(H,18,19,20). The zero-order valence-corrected chi connectivity index (χ0v) is 14.1. The summed E-state index contributed by atoms with van der Waals surface area (Å²) in [5.74, 6) is -1.02. The Hall–Kier alpha value is -1.74. The van der Waals surface area contributed by atoms with Crippen LogP contribution in [0.1, 0.15) is 26.7 Å². The van der Waals surface area contributed by atoms with Crippen LogP contribution in [0.4, 0.5) is 0 Å². The van der Waals surface area contributed by atoms with Crippen LogP contribution in [0.5, 0.6) is 0 Å². The van der Waals surface area contributed by atoms with E-state index in [4.69, 9.17) is 21.9 Å². The fourth-order valence-electron chi connectivity index (χ4n) is 1.91. The maximum Gasteiger partial charge on any atom is 0.335 e. The SMILES string of the molecule is O=C(O)c1ccc(C(S)C(=S)c2ccc(S(=O)(=O)O)cc2)cc1. The van der Waals surface area contributed by atoms with E-state index in [1.165, 1.54) is 36.4 Å². The smallest absolute Gasteiger partial charge is 0.335 e. The summed E-state index contributed by atoms with van der Waals surface area (Å²) in [5.41, 5.74) is 1.48. The van der Waals surface area contributed by atoms with Gasteiger partial charge in [-0.25, -0.2) is 4.79 Å². The van der Waals surface area contributed by atoms with Gasteiger partial charge in [-0.15, -0.1) is 0 Å². The zero-order valence-electron chi connectivity index (χ0n) is 11.6. The van der Waals surface area contributed by atoms with Gasteiger partial charge in [0.05, 0.1) is 15.7 Å². The summed E-state index contributed by atoms with van der Waals surface area (Å²) in [6.07, 6.45) is 0. The molecule has 0 heterocycles. The third kappa shape index (κ3) is 4.17. The van der Waals surface area contributed by atoms with Crippen molar-refractivity contribution in [1.29, 1.82) is 0 Å². The molecule has 1 unspecified atom stereocenters. The van der Waals surface area contributed by atoms with Gasteiger partial charge < -0.3 is 5.11 Å². The summed E-state index contributed by atoms with van der Waals surface area (Å²) < 4.78 is 31.0. The summed E-state index contributed by atoms with van der Waals surface area (Å²) in [5, 5.41) is 8.42. The van der Waals surface area contributed by atoms with Crippen LogP contribution in [0.2, 0.25) is 0 Å². The van der Waals surface area contributed by atoms with Gasteiger partial charge in [0, 0.05) is 4.86 Å². The molecule has 2 aromatic rings. The average molecular weight is 368 g/mol. The van der Waals surface area contributed by atoms with Gasteiger partial charge in [-0.2, -0.15) is 21.0 Å². The molecule has 0 bridgehead atoms. The van der Waals surface area contributed by atoms with Crippen molar-refractivity contribution in [2.75, 3.05) is 0 Å². The number of benzene rings is 2. The van der Waals surface area contributed by atoms with Crippen LogP contribution in [-0.4, -0.2) is 28.9 Å². The van der Waals surface area contributed by atoms with Gasteiger partial charge in [0.15, 0.2) is 0 Å². The molecule has 0 saturated heterocycles. The van der Waals surface area contributed by atoms with Crippen molar-refractivity contribution in [1.82, 2.24) is 0 Å². The summed E-state index contributed by atoms with van der Waals surface area (Å²) in [6.45, 7) is 0. The van der Waals surface area contributed by atoms with E-state index in [0.717, 1.165) is 5.56 Å². The molecule has 0 amide bonds. The molecule has 0 fully saturated rings. The Kier molecular flexibility index (Phi) is 5.20. The number of carboxylic acid groups (broad SMARTS) is 1. The molecule has 0 aliphatic rings. The second kappa shape index (κ2) is 6.79. The van der Waals surface area contributed by atoms with Crippen LogP contribution in [0, 0.1) is 0 Å². The number of rotatable bonds is 5. The van der Waals surface area contributed by atoms with E-state index in [1.54, 1.807) is 12.1 Å². The second-order valence-electron chi connectivity index (χ2n) is 4.69. The van der Waals surface area contributed by atoms with Crippen molar-refractivity contribution in [3.63, 3.8) is 0 Å². The lowest BCUT2D eigenvalue weighted by Gasteiger charge is -2.13. The molecule has 0 saturated carbocycles. The Labute approximate surface area is 144 Å². The first-order chi connectivity index (χ1) is 10.7. The third-order valence-corrected chi connectivity index (χ3v) is 5.23. The topological polar surface area (TPSA) is 91.7 Å². The van der Waals surface area contributed by atoms with Crippen LogP contribution in [-0.2, 0) is 10.1 Å². The normalized spacial score (nSPS) is 12.6. The number of carboxylic acids is 1. The minimum absolute atomic E-state index is 0.165. The van der Waals surface area contributed by atoms with E-state index in [9.17, 15) is 13.2 Å². The highest BCUT2D eigenvalue weighted by Gasteiger charge is 2.16. The van der Waals surface area contributed by atoms with E-state index in [0.29, 0.717) is 10.4 Å². The minimum atomic E-state index is -4.25. The van der Waals surface area contributed by atoms with Gasteiger partial charge in [-0.1, -0.05) is 36.5 Å². The van der Waals surface area contributed by atoms with Crippen LogP contribution < -0.4 is 0 Å². The van der Waals surface area contributed by atoms with Gasteiger partial charge in [0.1, 0.15) is 0 Å². The van der Waals surface area contributed by atoms with Gasteiger partial charge in [-0.3, -0.25) is 4.55 Å². The number of aromatic carboxylic acids is 1. The van der Waals surface area contributed by atoms with Gasteiger partial charge in [-0.05, 0) is 35.4 Å². The second-order valence-corrected chi connectivity index (χ2v) is 7.07. The molecular formula is C15H12O5S3. The molecule has 2 N–H and O–H groups in total. The molecule has 2 aromatic carbocycles. The molecule has 8 heteroatoms. The van der Waals surface area contributed by atoms with Gasteiger partial charge in [0.25, 0.3) is 10.1 Å². The number of thiol groups is 1. The Bertz CT molecular complexity index is 840. The Morgan fingerprint density at radius 1 is 1.00 bits per heavy atom. The lowest BCUT2D eigenvalue weighted by atomic mass is 10.0. The van der Waals surface area contributed by atoms with Crippen LogP contribution in [0.15, 0.2) is 53.4 Å². The number of carbonyl (C=O) groups is 1. The molecule has 1 atom stereocenters. The summed E-state index contributed by atoms with van der Waals surface area (Å²) in [4.78, 5) is 11.1. The first-order valence-corrected chi connectivity index (χ1v) is 8.69. The van der Waals surface area contributed by atoms with Crippen molar-refractivity contribution in [3.8, 4) is 0 Å². The number of hydrogen-bond donors (Lipinski definition) is 3. The number of hydrogen-bond acceptors (Lipinski definition) is 5. The lowest BCUT2D eigenvalue weighted by molar-refractivity contribution is 0.0697. The fraction of sp³-hybridized carbons (Fsp3) is 0.0667. The van der Waals surface area contributed by atoms with Crippen molar-refractivity contribution in [3.05, 3.63) is 65.2 Å².